The molecule has 7 heteroatoms. The molecule has 0 aliphatic carbocycles. The molecular weight excluding hydrogens is 418 g/mol. The number of benzene rings is 3. The summed E-state index contributed by atoms with van der Waals surface area (Å²) in [5.41, 5.74) is 11.1. The van der Waals surface area contributed by atoms with Gasteiger partial charge in [0.05, 0.1) is 16.6 Å². The molecule has 0 aliphatic rings. The zero-order valence-electron chi connectivity index (χ0n) is 18.5. The predicted octanol–water partition coefficient (Wildman–Crippen LogP) is 5.27. The number of carbonyl (C=O) groups excluding carboxylic acids is 2. The second-order valence-corrected chi connectivity index (χ2v) is 7.58. The van der Waals surface area contributed by atoms with Crippen LogP contribution < -0.4 is 15.9 Å². The Balaban J connectivity index is 1.89. The fourth-order valence-electron chi connectivity index (χ4n) is 4.13. The van der Waals surface area contributed by atoms with Gasteiger partial charge in [-0.3, -0.25) is 9.78 Å². The maximum Gasteiger partial charge on any atom is 0.352 e. The molecule has 3 N–H and O–H groups in total. The fraction of sp³-hybridized carbons (Fsp3) is 0.154. The average molecular weight is 444 g/mol. The van der Waals surface area contributed by atoms with Gasteiger partial charge in [-0.05, 0) is 35.2 Å². The normalized spacial score (nSPS) is 10.7. The van der Waals surface area contributed by atoms with Gasteiger partial charge < -0.3 is 15.6 Å². The molecule has 4 aromatic rings. The van der Waals surface area contributed by atoms with Crippen LogP contribution in [0, 0.1) is 0 Å². The molecule has 0 saturated heterocycles. The van der Waals surface area contributed by atoms with E-state index >= 15 is 0 Å². The minimum Gasteiger partial charge on any atom is -0.351 e. The Morgan fingerprint density at radius 2 is 1.70 bits per heavy atom. The van der Waals surface area contributed by atoms with Crippen LogP contribution in [-0.2, 0) is 22.6 Å². The van der Waals surface area contributed by atoms with E-state index in [4.69, 9.17) is 15.5 Å². The Morgan fingerprint density at radius 3 is 2.39 bits per heavy atom. The first-order chi connectivity index (χ1) is 16.0. The van der Waals surface area contributed by atoms with Crippen LogP contribution in [0.2, 0.25) is 0 Å². The highest BCUT2D eigenvalue weighted by Crippen LogP contribution is 2.39. The molecule has 7 nitrogen and oxygen atoms in total. The Labute approximate surface area is 191 Å². The van der Waals surface area contributed by atoms with Gasteiger partial charge in [0.1, 0.15) is 0 Å². The van der Waals surface area contributed by atoms with Crippen LogP contribution in [-0.4, -0.2) is 16.6 Å². The lowest BCUT2D eigenvalue weighted by atomic mass is 9.99. The van der Waals surface area contributed by atoms with Gasteiger partial charge >= 0.3 is 12.0 Å². The summed E-state index contributed by atoms with van der Waals surface area (Å²) < 4.78 is 2.13. The average Bonchev–Trinajstić information content (AvgIpc) is 3.10. The van der Waals surface area contributed by atoms with Gasteiger partial charge in [-0.15, -0.1) is 0 Å². The second kappa shape index (κ2) is 9.48. The summed E-state index contributed by atoms with van der Waals surface area (Å²) in [6, 6.07) is 23.2. The molecule has 0 atom stereocenters. The molecule has 0 aliphatic heterocycles. The van der Waals surface area contributed by atoms with Gasteiger partial charge in [-0.1, -0.05) is 67.6 Å². The van der Waals surface area contributed by atoms with Gasteiger partial charge in [0.2, 0.25) is 0 Å². The van der Waals surface area contributed by atoms with E-state index in [0.29, 0.717) is 29.8 Å². The molecule has 0 unspecified atom stereocenters. The lowest BCUT2D eigenvalue weighted by molar-refractivity contribution is -0.210. The van der Waals surface area contributed by atoms with Crippen molar-refractivity contribution in [3.05, 3.63) is 84.1 Å². The van der Waals surface area contributed by atoms with Crippen LogP contribution in [0.5, 0.6) is 5.75 Å². The summed E-state index contributed by atoms with van der Waals surface area (Å²) in [6.07, 6.45) is 0.630. The zero-order valence-corrected chi connectivity index (χ0v) is 18.5. The highest BCUT2D eigenvalue weighted by molar-refractivity contribution is 6.05. The first-order valence-electron chi connectivity index (χ1n) is 10.7. The van der Waals surface area contributed by atoms with E-state index in [1.807, 2.05) is 49.4 Å². The van der Waals surface area contributed by atoms with Crippen molar-refractivity contribution in [3.8, 4) is 16.9 Å². The van der Waals surface area contributed by atoms with Crippen molar-refractivity contribution < 1.29 is 19.4 Å². The van der Waals surface area contributed by atoms with Crippen molar-refractivity contribution in [2.45, 2.75) is 26.8 Å². The molecule has 0 spiro atoms. The molecule has 33 heavy (non-hydrogen) atoms. The van der Waals surface area contributed by atoms with Crippen molar-refractivity contribution in [1.29, 1.82) is 0 Å². The number of amides is 2. The quantitative estimate of drug-likeness (QED) is 0.301. The maximum absolute atomic E-state index is 11.8. The molecule has 4 rings (SSSR count). The van der Waals surface area contributed by atoms with Crippen LogP contribution in [0.15, 0.2) is 72.8 Å². The highest BCUT2D eigenvalue weighted by Gasteiger charge is 2.22. The smallest absolute Gasteiger partial charge is 0.351 e. The Kier molecular flexibility index (Phi) is 6.31. The van der Waals surface area contributed by atoms with Crippen LogP contribution in [0.4, 0.5) is 10.5 Å². The summed E-state index contributed by atoms with van der Waals surface area (Å²) in [5, 5.41) is 3.36. The van der Waals surface area contributed by atoms with Crippen molar-refractivity contribution in [2.75, 3.05) is 5.32 Å². The van der Waals surface area contributed by atoms with E-state index in [1.54, 1.807) is 6.07 Å². The summed E-state index contributed by atoms with van der Waals surface area (Å²) in [7, 11) is 0. The van der Waals surface area contributed by atoms with Crippen LogP contribution in [0.25, 0.3) is 22.0 Å². The van der Waals surface area contributed by atoms with Crippen molar-refractivity contribution in [1.82, 2.24) is 4.57 Å². The first-order valence-corrected chi connectivity index (χ1v) is 10.7. The highest BCUT2D eigenvalue weighted by atomic mass is 17.2. The van der Waals surface area contributed by atoms with Gasteiger partial charge in [0, 0.05) is 19.2 Å². The number of hydrogen-bond acceptors (Lipinski definition) is 4. The van der Waals surface area contributed by atoms with E-state index in [2.05, 4.69) is 34.1 Å². The van der Waals surface area contributed by atoms with Crippen LogP contribution in [0.3, 0.4) is 0 Å². The fourth-order valence-corrected chi connectivity index (χ4v) is 4.13. The third kappa shape index (κ3) is 4.52. The second-order valence-electron chi connectivity index (χ2n) is 7.58. The largest absolute Gasteiger partial charge is 0.352 e. The van der Waals surface area contributed by atoms with Gasteiger partial charge in [0.25, 0.3) is 0 Å². The molecule has 168 valence electrons. The van der Waals surface area contributed by atoms with E-state index in [1.165, 1.54) is 6.92 Å². The van der Waals surface area contributed by atoms with Crippen molar-refractivity contribution in [2.24, 2.45) is 5.73 Å². The zero-order chi connectivity index (χ0) is 23.4. The first kappa shape index (κ1) is 22.0. The van der Waals surface area contributed by atoms with Crippen LogP contribution >= 0.6 is 0 Å². The lowest BCUT2D eigenvalue weighted by Gasteiger charge is -2.15. The number of aromatic nitrogens is 1. The number of nitrogens with one attached hydrogen (secondary N) is 1. The number of urea groups is 1. The molecule has 1 heterocycles. The number of primary amides is 1. The maximum atomic E-state index is 11.8. The van der Waals surface area contributed by atoms with Crippen LogP contribution in [0.1, 0.15) is 25.1 Å². The summed E-state index contributed by atoms with van der Waals surface area (Å²) in [4.78, 5) is 33.2. The number of carbonyl (C=O) groups is 2. The Bertz CT molecular complexity index is 1310. The minimum atomic E-state index is -0.685. The molecule has 0 bridgehead atoms. The molecule has 0 fully saturated rings. The Morgan fingerprint density at radius 1 is 0.970 bits per heavy atom. The summed E-state index contributed by atoms with van der Waals surface area (Å²) in [6.45, 7) is 3.82. The van der Waals surface area contributed by atoms with Crippen molar-refractivity contribution in [3.63, 3.8) is 0 Å². The number of hydrogen-bond donors (Lipinski definition) is 2. The number of anilines is 1. The Hall–Kier alpha value is -4.26. The minimum absolute atomic E-state index is 0.316. The third-order valence-electron chi connectivity index (χ3n) is 5.42. The molecule has 0 saturated carbocycles. The SMILES string of the molecule is CCc1c(NC(N)=O)c2c(OOC(C)=O)cccc2n1Cc1ccccc1-c1ccccc1. The predicted molar refractivity (Wildman–Crippen MR) is 128 cm³/mol. The topological polar surface area (TPSA) is 95.6 Å². The number of rotatable bonds is 7. The lowest BCUT2D eigenvalue weighted by Crippen LogP contribution is -2.20. The van der Waals surface area contributed by atoms with Gasteiger partial charge in [0.15, 0.2) is 5.75 Å². The number of nitrogens with two attached hydrogens (primary N) is 1. The van der Waals surface area contributed by atoms with Crippen molar-refractivity contribution >= 4 is 28.6 Å². The summed E-state index contributed by atoms with van der Waals surface area (Å²) >= 11 is 0. The molecule has 1 aromatic heterocycles. The van der Waals surface area contributed by atoms with E-state index in [0.717, 1.165) is 27.9 Å². The summed E-state index contributed by atoms with van der Waals surface area (Å²) in [5.74, 6) is -0.264. The molecule has 0 radical (unpaired) electrons. The monoisotopic (exact) mass is 443 g/mol. The van der Waals surface area contributed by atoms with Gasteiger partial charge in [-0.2, -0.15) is 0 Å². The molecule has 3 aromatic carbocycles. The van der Waals surface area contributed by atoms with E-state index in [9.17, 15) is 9.59 Å². The standard InChI is InChI=1S/C26H25N3O4/c1-3-21-25(28-26(27)31)24-22(14-9-15-23(24)33-32-17(2)30)29(21)16-19-12-7-8-13-20(19)18-10-5-4-6-11-18/h4-15H,3,16H2,1-2H3,(H3,27,28,31). The van der Waals surface area contributed by atoms with E-state index < -0.39 is 12.0 Å². The third-order valence-corrected chi connectivity index (χ3v) is 5.42. The van der Waals surface area contributed by atoms with E-state index in [-0.39, 0.29) is 0 Å². The molecular formula is C26H25N3O4. The number of nitrogens with zero attached hydrogens (tertiary/aromatic N) is 1. The molecule has 2 amide bonds. The van der Waals surface area contributed by atoms with Gasteiger partial charge in [-0.25, -0.2) is 9.59 Å². The number of fused-ring (bicyclic) bond motifs is 1.